The first-order valence-electron chi connectivity index (χ1n) is 9.24. The topological polar surface area (TPSA) is 95.8 Å². The van der Waals surface area contributed by atoms with Crippen LogP contribution in [0.25, 0.3) is 6.08 Å². The Labute approximate surface area is 168 Å². The summed E-state index contributed by atoms with van der Waals surface area (Å²) >= 11 is 0. The molecular formula is C21H22N4O4. The summed E-state index contributed by atoms with van der Waals surface area (Å²) in [5.41, 5.74) is 1.56. The van der Waals surface area contributed by atoms with Gasteiger partial charge in [-0.05, 0) is 43.0 Å². The van der Waals surface area contributed by atoms with Crippen molar-refractivity contribution in [3.05, 3.63) is 75.8 Å². The molecule has 0 atom stereocenters. The SMILES string of the molecule is CN1CCN(C(=O)c2ccccc2NC(=O)/C=C/c2ccc([N+](=O)[O-])cc2)CC1. The molecular weight excluding hydrogens is 372 g/mol. The van der Waals surface area contributed by atoms with Crippen molar-refractivity contribution in [3.63, 3.8) is 0 Å². The van der Waals surface area contributed by atoms with Crippen molar-refractivity contribution >= 4 is 29.3 Å². The normalized spacial score (nSPS) is 14.7. The highest BCUT2D eigenvalue weighted by Gasteiger charge is 2.22. The zero-order chi connectivity index (χ0) is 20.8. The van der Waals surface area contributed by atoms with Gasteiger partial charge in [0.1, 0.15) is 0 Å². The van der Waals surface area contributed by atoms with E-state index in [0.717, 1.165) is 13.1 Å². The van der Waals surface area contributed by atoms with Gasteiger partial charge < -0.3 is 15.1 Å². The zero-order valence-corrected chi connectivity index (χ0v) is 16.1. The third-order valence-electron chi connectivity index (χ3n) is 4.74. The quantitative estimate of drug-likeness (QED) is 0.478. The van der Waals surface area contributed by atoms with Crippen molar-refractivity contribution in [2.24, 2.45) is 0 Å². The van der Waals surface area contributed by atoms with E-state index in [1.165, 1.54) is 18.2 Å². The van der Waals surface area contributed by atoms with Gasteiger partial charge in [-0.2, -0.15) is 0 Å². The molecule has 1 aliphatic heterocycles. The second kappa shape index (κ2) is 9.11. The molecule has 0 unspecified atom stereocenters. The van der Waals surface area contributed by atoms with E-state index in [1.54, 1.807) is 47.4 Å². The molecule has 2 amide bonds. The van der Waals surface area contributed by atoms with Crippen LogP contribution in [0.1, 0.15) is 15.9 Å². The monoisotopic (exact) mass is 394 g/mol. The molecule has 0 spiro atoms. The van der Waals surface area contributed by atoms with Crippen molar-refractivity contribution < 1.29 is 14.5 Å². The van der Waals surface area contributed by atoms with Crippen LogP contribution < -0.4 is 5.32 Å². The van der Waals surface area contributed by atoms with Crippen molar-refractivity contribution in [3.8, 4) is 0 Å². The number of likely N-dealkylation sites (N-methyl/N-ethyl adjacent to an activating group) is 1. The first-order valence-corrected chi connectivity index (χ1v) is 9.24. The van der Waals surface area contributed by atoms with Crippen molar-refractivity contribution in [1.82, 2.24) is 9.80 Å². The van der Waals surface area contributed by atoms with Gasteiger partial charge in [-0.15, -0.1) is 0 Å². The van der Waals surface area contributed by atoms with Crippen LogP contribution in [0.4, 0.5) is 11.4 Å². The Morgan fingerprint density at radius 3 is 2.34 bits per heavy atom. The van der Waals surface area contributed by atoms with Crippen LogP contribution >= 0.6 is 0 Å². The lowest BCUT2D eigenvalue weighted by Gasteiger charge is -2.32. The van der Waals surface area contributed by atoms with E-state index in [-0.39, 0.29) is 17.5 Å². The van der Waals surface area contributed by atoms with E-state index in [1.807, 2.05) is 7.05 Å². The van der Waals surface area contributed by atoms with E-state index >= 15 is 0 Å². The average Bonchev–Trinajstić information content (AvgIpc) is 2.73. The predicted octanol–water partition coefficient (Wildman–Crippen LogP) is 2.63. The maximum atomic E-state index is 12.9. The summed E-state index contributed by atoms with van der Waals surface area (Å²) in [5.74, 6) is -0.490. The number of rotatable bonds is 5. The van der Waals surface area contributed by atoms with Gasteiger partial charge in [-0.3, -0.25) is 19.7 Å². The molecule has 0 saturated carbocycles. The van der Waals surface area contributed by atoms with Gasteiger partial charge in [-0.1, -0.05) is 12.1 Å². The predicted molar refractivity (Wildman–Crippen MR) is 111 cm³/mol. The van der Waals surface area contributed by atoms with Crippen LogP contribution in [0.5, 0.6) is 0 Å². The summed E-state index contributed by atoms with van der Waals surface area (Å²) in [4.78, 5) is 39.3. The summed E-state index contributed by atoms with van der Waals surface area (Å²) in [6.45, 7) is 2.94. The molecule has 2 aromatic carbocycles. The number of non-ortho nitro benzene ring substituents is 1. The minimum Gasteiger partial charge on any atom is -0.336 e. The number of nitrogens with one attached hydrogen (secondary N) is 1. The molecule has 29 heavy (non-hydrogen) atoms. The Kier molecular flexibility index (Phi) is 6.36. The van der Waals surface area contributed by atoms with Crippen LogP contribution in [0.2, 0.25) is 0 Å². The fraction of sp³-hybridized carbons (Fsp3) is 0.238. The summed E-state index contributed by atoms with van der Waals surface area (Å²) in [6, 6.07) is 12.8. The molecule has 1 saturated heterocycles. The van der Waals surface area contributed by atoms with Crippen molar-refractivity contribution in [1.29, 1.82) is 0 Å². The molecule has 1 fully saturated rings. The highest BCUT2D eigenvalue weighted by atomic mass is 16.6. The van der Waals surface area contributed by atoms with E-state index < -0.39 is 4.92 Å². The number of carbonyl (C=O) groups excluding carboxylic acids is 2. The smallest absolute Gasteiger partial charge is 0.269 e. The van der Waals surface area contributed by atoms with E-state index in [9.17, 15) is 19.7 Å². The Bertz CT molecular complexity index is 932. The fourth-order valence-corrected chi connectivity index (χ4v) is 3.01. The van der Waals surface area contributed by atoms with Gasteiger partial charge in [0.05, 0.1) is 16.2 Å². The molecule has 1 N–H and O–H groups in total. The maximum Gasteiger partial charge on any atom is 0.269 e. The van der Waals surface area contributed by atoms with Gasteiger partial charge in [0.2, 0.25) is 5.91 Å². The lowest BCUT2D eigenvalue weighted by atomic mass is 10.1. The highest BCUT2D eigenvalue weighted by Crippen LogP contribution is 2.19. The molecule has 8 heteroatoms. The maximum absolute atomic E-state index is 12.9. The first kappa shape index (κ1) is 20.2. The van der Waals surface area contributed by atoms with Gasteiger partial charge in [-0.25, -0.2) is 0 Å². The molecule has 1 heterocycles. The minimum atomic E-state index is -0.478. The molecule has 0 bridgehead atoms. The van der Waals surface area contributed by atoms with E-state index in [0.29, 0.717) is 29.9 Å². The van der Waals surface area contributed by atoms with Gasteiger partial charge in [0.15, 0.2) is 0 Å². The van der Waals surface area contributed by atoms with Crippen LogP contribution in [0.3, 0.4) is 0 Å². The average molecular weight is 394 g/mol. The van der Waals surface area contributed by atoms with Crippen LogP contribution in [0, 0.1) is 10.1 Å². The highest BCUT2D eigenvalue weighted by molar-refractivity contribution is 6.07. The number of nitrogens with zero attached hydrogens (tertiary/aromatic N) is 3. The number of para-hydroxylation sites is 1. The number of carbonyl (C=O) groups is 2. The standard InChI is InChI=1S/C21H22N4O4/c1-23-12-14-24(15-13-23)21(27)18-4-2-3-5-19(18)22-20(26)11-8-16-6-9-17(10-7-16)25(28)29/h2-11H,12-15H2,1H3,(H,22,26)/b11-8+. The lowest BCUT2D eigenvalue weighted by molar-refractivity contribution is -0.384. The number of nitro groups is 1. The van der Waals surface area contributed by atoms with E-state index in [4.69, 9.17) is 0 Å². The largest absolute Gasteiger partial charge is 0.336 e. The minimum absolute atomic E-state index is 0.0112. The van der Waals surface area contributed by atoms with Crippen molar-refractivity contribution in [2.75, 3.05) is 38.5 Å². The molecule has 150 valence electrons. The number of nitro benzene ring substituents is 1. The fourth-order valence-electron chi connectivity index (χ4n) is 3.01. The molecule has 0 radical (unpaired) electrons. The first-order chi connectivity index (χ1) is 13.9. The second-order valence-electron chi connectivity index (χ2n) is 6.81. The Hall–Kier alpha value is -3.52. The summed E-state index contributed by atoms with van der Waals surface area (Å²) in [5, 5.41) is 13.4. The summed E-state index contributed by atoms with van der Waals surface area (Å²) in [7, 11) is 2.02. The molecule has 1 aliphatic rings. The molecule has 0 aliphatic carbocycles. The number of anilines is 1. The Morgan fingerprint density at radius 2 is 1.69 bits per heavy atom. The Morgan fingerprint density at radius 1 is 1.03 bits per heavy atom. The van der Waals surface area contributed by atoms with E-state index in [2.05, 4.69) is 10.2 Å². The number of benzene rings is 2. The van der Waals surface area contributed by atoms with Gasteiger partial charge in [0, 0.05) is 44.4 Å². The van der Waals surface area contributed by atoms with Gasteiger partial charge >= 0.3 is 0 Å². The molecule has 0 aromatic heterocycles. The van der Waals surface area contributed by atoms with Crippen molar-refractivity contribution in [2.45, 2.75) is 0 Å². The molecule has 2 aromatic rings. The molecule has 3 rings (SSSR count). The van der Waals surface area contributed by atoms with Gasteiger partial charge in [0.25, 0.3) is 11.6 Å². The van der Waals surface area contributed by atoms with Crippen LogP contribution in [-0.4, -0.2) is 59.8 Å². The number of hydrogen-bond donors (Lipinski definition) is 1. The molecule has 8 nitrogen and oxygen atoms in total. The third-order valence-corrected chi connectivity index (χ3v) is 4.74. The second-order valence-corrected chi connectivity index (χ2v) is 6.81. The van der Waals surface area contributed by atoms with Crippen LogP contribution in [-0.2, 0) is 4.79 Å². The third kappa shape index (κ3) is 5.26. The summed E-state index contributed by atoms with van der Waals surface area (Å²) < 4.78 is 0. The van der Waals surface area contributed by atoms with Crippen LogP contribution in [0.15, 0.2) is 54.6 Å². The Balaban J connectivity index is 1.67. The zero-order valence-electron chi connectivity index (χ0n) is 16.1. The summed E-state index contributed by atoms with van der Waals surface area (Å²) in [6.07, 6.45) is 2.89. The lowest BCUT2D eigenvalue weighted by Crippen LogP contribution is -2.47. The number of amides is 2. The number of hydrogen-bond acceptors (Lipinski definition) is 5. The number of piperazine rings is 1.